The van der Waals surface area contributed by atoms with Crippen molar-refractivity contribution in [2.75, 3.05) is 0 Å². The monoisotopic (exact) mass is 197 g/mol. The molecule has 0 bridgehead atoms. The summed E-state index contributed by atoms with van der Waals surface area (Å²) in [6.07, 6.45) is 3.42. The Kier molecular flexibility index (Phi) is 3.03. The molecule has 0 N–H and O–H groups in total. The number of hydrogen-bond acceptors (Lipinski definition) is 2. The number of allylic oxidation sites excluding steroid dienone is 1. The standard InChI is InChI=1S/C9H8ClNO2/c1-2-3-7-4-5-8(10)6-9(7)11(12)13/h2-6H,1H3. The molecule has 0 aliphatic rings. The van der Waals surface area contributed by atoms with Crippen molar-refractivity contribution in [2.45, 2.75) is 6.92 Å². The van der Waals surface area contributed by atoms with E-state index in [-0.39, 0.29) is 5.69 Å². The van der Waals surface area contributed by atoms with Gasteiger partial charge in [-0.1, -0.05) is 23.8 Å². The Hall–Kier alpha value is -1.35. The van der Waals surface area contributed by atoms with E-state index < -0.39 is 4.92 Å². The first-order valence-electron chi connectivity index (χ1n) is 3.72. The van der Waals surface area contributed by atoms with E-state index in [1.165, 1.54) is 6.07 Å². The van der Waals surface area contributed by atoms with E-state index >= 15 is 0 Å². The second kappa shape index (κ2) is 4.05. The number of hydrogen-bond donors (Lipinski definition) is 0. The summed E-state index contributed by atoms with van der Waals surface area (Å²) in [7, 11) is 0. The first kappa shape index (κ1) is 9.74. The molecule has 68 valence electrons. The number of nitrogens with zero attached hydrogens (tertiary/aromatic N) is 1. The van der Waals surface area contributed by atoms with Crippen LogP contribution in [0.25, 0.3) is 6.08 Å². The van der Waals surface area contributed by atoms with E-state index in [1.54, 1.807) is 31.2 Å². The summed E-state index contributed by atoms with van der Waals surface area (Å²) in [6, 6.07) is 4.60. The van der Waals surface area contributed by atoms with Gasteiger partial charge in [-0.25, -0.2) is 0 Å². The minimum absolute atomic E-state index is 0.0330. The second-order valence-corrected chi connectivity index (χ2v) is 2.90. The molecule has 4 heteroatoms. The van der Waals surface area contributed by atoms with Crippen LogP contribution in [-0.4, -0.2) is 4.92 Å². The molecule has 0 amide bonds. The van der Waals surface area contributed by atoms with Crippen LogP contribution >= 0.6 is 11.6 Å². The van der Waals surface area contributed by atoms with E-state index in [0.29, 0.717) is 10.6 Å². The van der Waals surface area contributed by atoms with Crippen molar-refractivity contribution in [3.8, 4) is 0 Å². The summed E-state index contributed by atoms with van der Waals surface area (Å²) in [4.78, 5) is 10.1. The number of nitro benzene ring substituents is 1. The smallest absolute Gasteiger partial charge is 0.258 e. The number of benzene rings is 1. The number of halogens is 1. The average Bonchev–Trinajstić information content (AvgIpc) is 2.08. The molecule has 0 aromatic heterocycles. The lowest BCUT2D eigenvalue weighted by atomic mass is 10.1. The maximum absolute atomic E-state index is 10.6. The van der Waals surface area contributed by atoms with Crippen molar-refractivity contribution in [2.24, 2.45) is 0 Å². The fourth-order valence-corrected chi connectivity index (χ4v) is 1.16. The van der Waals surface area contributed by atoms with Crippen LogP contribution in [0.5, 0.6) is 0 Å². The summed E-state index contributed by atoms with van der Waals surface area (Å²) in [6.45, 7) is 1.80. The Balaban J connectivity index is 3.26. The molecule has 3 nitrogen and oxygen atoms in total. The van der Waals surface area contributed by atoms with Gasteiger partial charge in [-0.05, 0) is 19.1 Å². The van der Waals surface area contributed by atoms with Gasteiger partial charge >= 0.3 is 0 Å². The normalized spacial score (nSPS) is 10.6. The quantitative estimate of drug-likeness (QED) is 0.539. The second-order valence-electron chi connectivity index (χ2n) is 2.46. The molecule has 0 fully saturated rings. The van der Waals surface area contributed by atoms with Crippen LogP contribution in [0.2, 0.25) is 5.02 Å². The van der Waals surface area contributed by atoms with Gasteiger partial charge in [0, 0.05) is 11.1 Å². The molecule has 0 atom stereocenters. The highest BCUT2D eigenvalue weighted by Gasteiger charge is 2.10. The van der Waals surface area contributed by atoms with Crippen molar-refractivity contribution in [3.63, 3.8) is 0 Å². The molecule has 0 radical (unpaired) electrons. The summed E-state index contributed by atoms with van der Waals surface area (Å²) >= 11 is 5.63. The lowest BCUT2D eigenvalue weighted by molar-refractivity contribution is -0.385. The Morgan fingerprint density at radius 2 is 2.23 bits per heavy atom. The maximum Gasteiger partial charge on any atom is 0.278 e. The Labute approximate surface area is 80.8 Å². The summed E-state index contributed by atoms with van der Waals surface area (Å²) in [5.74, 6) is 0. The number of nitro groups is 1. The third-order valence-corrected chi connectivity index (χ3v) is 1.77. The Morgan fingerprint density at radius 3 is 2.77 bits per heavy atom. The fraction of sp³-hybridized carbons (Fsp3) is 0.111. The lowest BCUT2D eigenvalue weighted by Crippen LogP contribution is -1.90. The molecular weight excluding hydrogens is 190 g/mol. The highest BCUT2D eigenvalue weighted by Crippen LogP contribution is 2.23. The molecule has 1 aromatic rings. The van der Waals surface area contributed by atoms with Gasteiger partial charge in [0.2, 0.25) is 0 Å². The lowest BCUT2D eigenvalue weighted by Gasteiger charge is -1.97. The zero-order valence-corrected chi connectivity index (χ0v) is 7.78. The molecule has 0 heterocycles. The molecule has 0 unspecified atom stereocenters. The van der Waals surface area contributed by atoms with Crippen molar-refractivity contribution < 1.29 is 4.92 Å². The summed E-state index contributed by atoms with van der Waals surface area (Å²) in [5, 5.41) is 10.9. The molecule has 0 aliphatic carbocycles. The fourth-order valence-electron chi connectivity index (χ4n) is 0.995. The molecule has 0 aliphatic heterocycles. The van der Waals surface area contributed by atoms with Crippen LogP contribution in [0.15, 0.2) is 24.3 Å². The summed E-state index contributed by atoms with van der Waals surface area (Å²) in [5.41, 5.74) is 0.600. The first-order chi connectivity index (χ1) is 6.15. The Morgan fingerprint density at radius 1 is 1.54 bits per heavy atom. The minimum Gasteiger partial charge on any atom is -0.258 e. The van der Waals surface area contributed by atoms with Crippen LogP contribution in [0, 0.1) is 10.1 Å². The van der Waals surface area contributed by atoms with Gasteiger partial charge < -0.3 is 0 Å². The van der Waals surface area contributed by atoms with Gasteiger partial charge in [0.1, 0.15) is 0 Å². The van der Waals surface area contributed by atoms with E-state index in [1.807, 2.05) is 0 Å². The van der Waals surface area contributed by atoms with Crippen LogP contribution in [-0.2, 0) is 0 Å². The minimum atomic E-state index is -0.443. The van der Waals surface area contributed by atoms with Gasteiger partial charge in [-0.3, -0.25) is 10.1 Å². The molecule has 1 aromatic carbocycles. The van der Waals surface area contributed by atoms with Crippen molar-refractivity contribution in [1.29, 1.82) is 0 Å². The SMILES string of the molecule is CC=Cc1ccc(Cl)cc1[N+](=O)[O-]. The number of rotatable bonds is 2. The van der Waals surface area contributed by atoms with E-state index in [0.717, 1.165) is 0 Å². The summed E-state index contributed by atoms with van der Waals surface area (Å²) < 4.78 is 0. The Bertz CT molecular complexity index is 361. The van der Waals surface area contributed by atoms with Gasteiger partial charge in [0.15, 0.2) is 0 Å². The molecular formula is C9H8ClNO2. The van der Waals surface area contributed by atoms with E-state index in [4.69, 9.17) is 11.6 Å². The van der Waals surface area contributed by atoms with Gasteiger partial charge in [0.25, 0.3) is 5.69 Å². The molecule has 0 spiro atoms. The van der Waals surface area contributed by atoms with Crippen LogP contribution in [0.3, 0.4) is 0 Å². The molecule has 13 heavy (non-hydrogen) atoms. The van der Waals surface area contributed by atoms with Crippen LogP contribution in [0.1, 0.15) is 12.5 Å². The largest absolute Gasteiger partial charge is 0.278 e. The highest BCUT2D eigenvalue weighted by atomic mass is 35.5. The first-order valence-corrected chi connectivity index (χ1v) is 4.09. The van der Waals surface area contributed by atoms with Crippen molar-refractivity contribution >= 4 is 23.4 Å². The molecule has 1 rings (SSSR count). The van der Waals surface area contributed by atoms with Crippen molar-refractivity contribution in [3.05, 3.63) is 45.0 Å². The van der Waals surface area contributed by atoms with Crippen molar-refractivity contribution in [1.82, 2.24) is 0 Å². The third kappa shape index (κ3) is 2.29. The average molecular weight is 198 g/mol. The van der Waals surface area contributed by atoms with Crippen LogP contribution < -0.4 is 0 Å². The van der Waals surface area contributed by atoms with E-state index in [2.05, 4.69) is 0 Å². The van der Waals surface area contributed by atoms with Gasteiger partial charge in [0.05, 0.1) is 10.5 Å². The van der Waals surface area contributed by atoms with Crippen LogP contribution in [0.4, 0.5) is 5.69 Å². The molecule has 0 saturated carbocycles. The predicted molar refractivity (Wildman–Crippen MR) is 52.8 cm³/mol. The predicted octanol–water partition coefficient (Wildman–Crippen LogP) is 3.28. The highest BCUT2D eigenvalue weighted by molar-refractivity contribution is 6.30. The third-order valence-electron chi connectivity index (χ3n) is 1.54. The topological polar surface area (TPSA) is 43.1 Å². The van der Waals surface area contributed by atoms with Gasteiger partial charge in [-0.15, -0.1) is 0 Å². The van der Waals surface area contributed by atoms with Gasteiger partial charge in [-0.2, -0.15) is 0 Å². The molecule has 0 saturated heterocycles. The zero-order chi connectivity index (χ0) is 9.84. The van der Waals surface area contributed by atoms with E-state index in [9.17, 15) is 10.1 Å². The maximum atomic E-state index is 10.6. The zero-order valence-electron chi connectivity index (χ0n) is 7.03.